The quantitative estimate of drug-likeness (QED) is 0.644. The number of carbonyl (C=O) groups is 1. The van der Waals surface area contributed by atoms with Crippen molar-refractivity contribution in [3.63, 3.8) is 0 Å². The molecule has 28 heavy (non-hydrogen) atoms. The van der Waals surface area contributed by atoms with E-state index in [9.17, 15) is 22.0 Å². The molecule has 2 aromatic rings. The number of alkyl halides is 2. The average molecular weight is 451 g/mol. The van der Waals surface area contributed by atoms with E-state index in [1.807, 2.05) is 6.92 Å². The minimum absolute atomic E-state index is 0.0368. The molecule has 0 aliphatic carbocycles. The monoisotopic (exact) mass is 450 g/mol. The van der Waals surface area contributed by atoms with Crippen molar-refractivity contribution in [2.75, 3.05) is 18.4 Å². The first-order valence-electron chi connectivity index (χ1n) is 8.22. The highest BCUT2D eigenvalue weighted by molar-refractivity contribution is 7.91. The van der Waals surface area contributed by atoms with E-state index in [0.29, 0.717) is 34.4 Å². The number of para-hydroxylation sites is 1. The number of anilines is 1. The minimum Gasteiger partial charge on any atom is -0.322 e. The Kier molecular flexibility index (Phi) is 7.77. The second kappa shape index (κ2) is 9.65. The Bertz CT molecular complexity index is 918. The molecule has 2 aromatic carbocycles. The molecule has 10 heteroatoms. The lowest BCUT2D eigenvalue weighted by Gasteiger charge is -2.20. The topological polar surface area (TPSA) is 66.5 Å². The molecule has 0 spiro atoms. The number of benzene rings is 2. The zero-order valence-electron chi connectivity index (χ0n) is 14.8. The van der Waals surface area contributed by atoms with Crippen molar-refractivity contribution < 1.29 is 22.0 Å². The van der Waals surface area contributed by atoms with Crippen molar-refractivity contribution in [3.05, 3.63) is 58.1 Å². The number of halogens is 4. The smallest absolute Gasteiger partial charge is 0.322 e. The van der Waals surface area contributed by atoms with Gasteiger partial charge in [-0.2, -0.15) is 8.78 Å². The SMILES string of the molecule is CCN(CC(=O)Nc1c(Cl)cccc1Cl)Cc1ccc(S(=O)(=O)C(F)F)cc1. The predicted molar refractivity (Wildman–Crippen MR) is 106 cm³/mol. The molecule has 1 amide bonds. The average Bonchev–Trinajstić information content (AvgIpc) is 2.64. The second-order valence-corrected chi connectivity index (χ2v) is 8.63. The molecule has 2 rings (SSSR count). The van der Waals surface area contributed by atoms with Gasteiger partial charge in [-0.1, -0.05) is 48.3 Å². The highest BCUT2D eigenvalue weighted by atomic mass is 35.5. The molecule has 0 aliphatic rings. The molecule has 5 nitrogen and oxygen atoms in total. The molecule has 0 bridgehead atoms. The van der Waals surface area contributed by atoms with Crippen molar-refractivity contribution in [1.82, 2.24) is 4.90 Å². The van der Waals surface area contributed by atoms with E-state index in [2.05, 4.69) is 5.32 Å². The fraction of sp³-hybridized carbons (Fsp3) is 0.278. The maximum absolute atomic E-state index is 12.6. The molecule has 0 saturated heterocycles. The molecule has 1 N–H and O–H groups in total. The van der Waals surface area contributed by atoms with Gasteiger partial charge in [0.05, 0.1) is 27.2 Å². The number of carbonyl (C=O) groups excluding carboxylic acids is 1. The third-order valence-electron chi connectivity index (χ3n) is 3.93. The first-order valence-corrected chi connectivity index (χ1v) is 10.5. The van der Waals surface area contributed by atoms with Crippen LogP contribution < -0.4 is 5.32 Å². The molecule has 0 aromatic heterocycles. The van der Waals surface area contributed by atoms with Crippen LogP contribution in [0.1, 0.15) is 12.5 Å². The van der Waals surface area contributed by atoms with Gasteiger partial charge in [-0.3, -0.25) is 9.69 Å². The zero-order chi connectivity index (χ0) is 20.9. The lowest BCUT2D eigenvalue weighted by Crippen LogP contribution is -2.32. The first-order chi connectivity index (χ1) is 13.1. The van der Waals surface area contributed by atoms with Crippen molar-refractivity contribution in [3.8, 4) is 0 Å². The van der Waals surface area contributed by atoms with Crippen LogP contribution in [0.3, 0.4) is 0 Å². The van der Waals surface area contributed by atoms with Gasteiger partial charge in [0.1, 0.15) is 0 Å². The zero-order valence-corrected chi connectivity index (χ0v) is 17.2. The number of hydrogen-bond acceptors (Lipinski definition) is 4. The lowest BCUT2D eigenvalue weighted by molar-refractivity contribution is -0.117. The number of likely N-dealkylation sites (N-methyl/N-ethyl adjacent to an activating group) is 1. The van der Waals surface area contributed by atoms with Crippen LogP contribution in [0.4, 0.5) is 14.5 Å². The fourth-order valence-corrected chi connectivity index (χ4v) is 3.64. The summed E-state index contributed by atoms with van der Waals surface area (Å²) >= 11 is 12.1. The molecular weight excluding hydrogens is 433 g/mol. The molecule has 152 valence electrons. The van der Waals surface area contributed by atoms with Crippen LogP contribution in [0.2, 0.25) is 10.0 Å². The van der Waals surface area contributed by atoms with Gasteiger partial charge in [-0.15, -0.1) is 0 Å². The number of nitrogens with one attached hydrogen (secondary N) is 1. The van der Waals surface area contributed by atoms with E-state index in [1.54, 1.807) is 23.1 Å². The molecule has 0 unspecified atom stereocenters. The summed E-state index contributed by atoms with van der Waals surface area (Å²) < 4.78 is 48.1. The standard InChI is InChI=1S/C18H18Cl2F2N2O3S/c1-2-24(11-16(25)23-17-14(19)4-3-5-15(17)20)10-12-6-8-13(9-7-12)28(26,27)18(21)22/h3-9,18H,2,10-11H2,1H3,(H,23,25). The van der Waals surface area contributed by atoms with E-state index in [4.69, 9.17) is 23.2 Å². The van der Waals surface area contributed by atoms with Crippen molar-refractivity contribution >= 4 is 44.6 Å². The van der Waals surface area contributed by atoms with Crippen molar-refractivity contribution in [1.29, 1.82) is 0 Å². The van der Waals surface area contributed by atoms with E-state index in [-0.39, 0.29) is 12.5 Å². The summed E-state index contributed by atoms with van der Waals surface area (Å²) in [5, 5.41) is 3.30. The van der Waals surface area contributed by atoms with Crippen LogP contribution in [-0.4, -0.2) is 38.1 Å². The van der Waals surface area contributed by atoms with Crippen LogP contribution >= 0.6 is 23.2 Å². The summed E-state index contributed by atoms with van der Waals surface area (Å²) in [4.78, 5) is 13.6. The summed E-state index contributed by atoms with van der Waals surface area (Å²) in [6.07, 6.45) is 0. The largest absolute Gasteiger partial charge is 0.341 e. The molecule has 0 atom stereocenters. The highest BCUT2D eigenvalue weighted by Gasteiger charge is 2.26. The fourth-order valence-electron chi connectivity index (χ4n) is 2.42. The Morgan fingerprint density at radius 3 is 2.18 bits per heavy atom. The van der Waals surface area contributed by atoms with Crippen molar-refractivity contribution in [2.45, 2.75) is 24.1 Å². The van der Waals surface area contributed by atoms with E-state index < -0.39 is 20.5 Å². The van der Waals surface area contributed by atoms with Crippen LogP contribution in [-0.2, 0) is 21.2 Å². The Hall–Kier alpha value is -1.74. The number of amides is 1. The second-order valence-electron chi connectivity index (χ2n) is 5.90. The number of sulfone groups is 1. The lowest BCUT2D eigenvalue weighted by atomic mass is 10.2. The van der Waals surface area contributed by atoms with Crippen LogP contribution in [0.25, 0.3) is 0 Å². The maximum atomic E-state index is 12.6. The summed E-state index contributed by atoms with van der Waals surface area (Å²) in [6, 6.07) is 10.0. The van der Waals surface area contributed by atoms with E-state index in [1.165, 1.54) is 12.1 Å². The van der Waals surface area contributed by atoms with Gasteiger partial charge in [0, 0.05) is 6.54 Å². The van der Waals surface area contributed by atoms with Gasteiger partial charge in [-0.05, 0) is 36.4 Å². The molecule has 0 saturated carbocycles. The molecule has 0 radical (unpaired) electrons. The first kappa shape index (κ1) is 22.5. The summed E-state index contributed by atoms with van der Waals surface area (Å²) in [7, 11) is -4.63. The molecular formula is C18H18Cl2F2N2O3S. The van der Waals surface area contributed by atoms with Gasteiger partial charge in [0.2, 0.25) is 15.7 Å². The third-order valence-corrected chi connectivity index (χ3v) is 5.96. The Labute approximate surface area is 172 Å². The maximum Gasteiger partial charge on any atom is 0.341 e. The van der Waals surface area contributed by atoms with Gasteiger partial charge >= 0.3 is 5.76 Å². The summed E-state index contributed by atoms with van der Waals surface area (Å²) in [5.41, 5.74) is 1.01. The van der Waals surface area contributed by atoms with Gasteiger partial charge < -0.3 is 5.32 Å². The van der Waals surface area contributed by atoms with Gasteiger partial charge in [-0.25, -0.2) is 8.42 Å². The normalized spacial score (nSPS) is 11.8. The minimum atomic E-state index is -4.63. The number of nitrogens with zero attached hydrogens (tertiary/aromatic N) is 1. The van der Waals surface area contributed by atoms with Crippen LogP contribution in [0.15, 0.2) is 47.4 Å². The Morgan fingerprint density at radius 1 is 1.11 bits per heavy atom. The third kappa shape index (κ3) is 5.64. The van der Waals surface area contributed by atoms with Gasteiger partial charge in [0.25, 0.3) is 0 Å². The van der Waals surface area contributed by atoms with E-state index >= 15 is 0 Å². The Morgan fingerprint density at radius 2 is 1.68 bits per heavy atom. The van der Waals surface area contributed by atoms with Crippen LogP contribution in [0, 0.1) is 0 Å². The molecule has 0 heterocycles. The Balaban J connectivity index is 2.03. The summed E-state index contributed by atoms with van der Waals surface area (Å²) in [5.74, 6) is -3.79. The van der Waals surface area contributed by atoms with Crippen molar-refractivity contribution in [2.24, 2.45) is 0 Å². The predicted octanol–water partition coefficient (Wildman–Crippen LogP) is 4.45. The number of rotatable bonds is 8. The summed E-state index contributed by atoms with van der Waals surface area (Å²) in [6.45, 7) is 2.75. The molecule has 0 aliphatic heterocycles. The van der Waals surface area contributed by atoms with Crippen LogP contribution in [0.5, 0.6) is 0 Å². The van der Waals surface area contributed by atoms with Gasteiger partial charge in [0.15, 0.2) is 0 Å². The van der Waals surface area contributed by atoms with E-state index in [0.717, 1.165) is 12.1 Å². The number of hydrogen-bond donors (Lipinski definition) is 1. The molecule has 0 fully saturated rings. The highest BCUT2D eigenvalue weighted by Crippen LogP contribution is 2.29.